The maximum atomic E-state index is 11.2. The van der Waals surface area contributed by atoms with Crippen molar-refractivity contribution in [1.29, 1.82) is 0 Å². The van der Waals surface area contributed by atoms with Crippen LogP contribution in [0.25, 0.3) is 0 Å². The number of amides is 1. The van der Waals surface area contributed by atoms with E-state index in [0.717, 1.165) is 21.4 Å². The van der Waals surface area contributed by atoms with Crippen LogP contribution in [-0.4, -0.2) is 5.91 Å². The molecule has 1 atom stereocenters. The number of aryl methyl sites for hydroxylation is 1. The van der Waals surface area contributed by atoms with Gasteiger partial charge in [0.25, 0.3) is 0 Å². The lowest BCUT2D eigenvalue weighted by Crippen LogP contribution is -2.09. The van der Waals surface area contributed by atoms with Crippen LogP contribution in [0.5, 0.6) is 0 Å². The first-order valence-electron chi connectivity index (χ1n) is 6.86. The maximum absolute atomic E-state index is 11.2. The van der Waals surface area contributed by atoms with Gasteiger partial charge in [0.05, 0.1) is 0 Å². The van der Waals surface area contributed by atoms with E-state index in [0.29, 0.717) is 0 Å². The normalized spacial score (nSPS) is 11.8. The van der Waals surface area contributed by atoms with Gasteiger partial charge in [0, 0.05) is 28.8 Å². The third-order valence-corrected chi connectivity index (χ3v) is 3.77. The standard InChI is InChI=1S/C17H19BrN2O/c1-11-7-8-16(10-17(11)20-13(3)21)19-12(2)14-5-4-6-15(18)9-14/h4-10,12,19H,1-3H3,(H,20,21). The number of hydrogen-bond acceptors (Lipinski definition) is 2. The molecule has 0 aromatic heterocycles. The summed E-state index contributed by atoms with van der Waals surface area (Å²) >= 11 is 3.49. The Bertz CT molecular complexity index is 655. The fraction of sp³-hybridized carbons (Fsp3) is 0.235. The second-order valence-corrected chi connectivity index (χ2v) is 6.05. The van der Waals surface area contributed by atoms with E-state index in [2.05, 4.69) is 45.6 Å². The number of halogens is 1. The first kappa shape index (κ1) is 15.6. The summed E-state index contributed by atoms with van der Waals surface area (Å²) in [6, 6.07) is 14.4. The average Bonchev–Trinajstić information content (AvgIpc) is 2.42. The van der Waals surface area contributed by atoms with Gasteiger partial charge >= 0.3 is 0 Å². The minimum atomic E-state index is -0.0599. The van der Waals surface area contributed by atoms with Crippen molar-refractivity contribution < 1.29 is 4.79 Å². The second kappa shape index (κ2) is 6.76. The molecule has 3 nitrogen and oxygen atoms in total. The number of carbonyl (C=O) groups excluding carboxylic acids is 1. The first-order valence-corrected chi connectivity index (χ1v) is 7.65. The van der Waals surface area contributed by atoms with Crippen molar-refractivity contribution in [3.63, 3.8) is 0 Å². The van der Waals surface area contributed by atoms with Crippen molar-refractivity contribution in [3.8, 4) is 0 Å². The molecule has 0 aliphatic rings. The van der Waals surface area contributed by atoms with Crippen LogP contribution in [0.2, 0.25) is 0 Å². The number of anilines is 2. The molecule has 1 unspecified atom stereocenters. The van der Waals surface area contributed by atoms with Crippen LogP contribution < -0.4 is 10.6 Å². The summed E-state index contributed by atoms with van der Waals surface area (Å²) in [6.07, 6.45) is 0. The van der Waals surface area contributed by atoms with E-state index in [1.807, 2.05) is 37.3 Å². The van der Waals surface area contributed by atoms with E-state index in [9.17, 15) is 4.79 Å². The predicted octanol–water partition coefficient (Wildman–Crippen LogP) is 4.89. The zero-order chi connectivity index (χ0) is 15.4. The minimum Gasteiger partial charge on any atom is -0.378 e. The highest BCUT2D eigenvalue weighted by molar-refractivity contribution is 9.10. The lowest BCUT2D eigenvalue weighted by molar-refractivity contribution is -0.114. The van der Waals surface area contributed by atoms with E-state index in [1.165, 1.54) is 12.5 Å². The second-order valence-electron chi connectivity index (χ2n) is 5.13. The fourth-order valence-electron chi connectivity index (χ4n) is 2.15. The van der Waals surface area contributed by atoms with Gasteiger partial charge in [-0.25, -0.2) is 0 Å². The summed E-state index contributed by atoms with van der Waals surface area (Å²) in [6.45, 7) is 5.61. The summed E-state index contributed by atoms with van der Waals surface area (Å²) in [7, 11) is 0. The zero-order valence-corrected chi connectivity index (χ0v) is 14.0. The van der Waals surface area contributed by atoms with Crippen molar-refractivity contribution in [2.24, 2.45) is 0 Å². The molecule has 0 aliphatic carbocycles. The topological polar surface area (TPSA) is 41.1 Å². The van der Waals surface area contributed by atoms with Crippen LogP contribution in [-0.2, 0) is 4.79 Å². The molecule has 2 rings (SSSR count). The summed E-state index contributed by atoms with van der Waals surface area (Å²) in [5.74, 6) is -0.0599. The van der Waals surface area contributed by atoms with E-state index >= 15 is 0 Å². The van der Waals surface area contributed by atoms with Crippen molar-refractivity contribution in [3.05, 3.63) is 58.1 Å². The van der Waals surface area contributed by atoms with Crippen molar-refractivity contribution in [2.75, 3.05) is 10.6 Å². The summed E-state index contributed by atoms with van der Waals surface area (Å²) < 4.78 is 1.07. The van der Waals surface area contributed by atoms with E-state index < -0.39 is 0 Å². The third-order valence-electron chi connectivity index (χ3n) is 3.28. The molecular weight excluding hydrogens is 328 g/mol. The van der Waals surface area contributed by atoms with Crippen LogP contribution in [0, 0.1) is 6.92 Å². The molecule has 0 saturated heterocycles. The molecule has 0 bridgehead atoms. The number of carbonyl (C=O) groups is 1. The molecule has 4 heteroatoms. The number of nitrogens with one attached hydrogen (secondary N) is 2. The van der Waals surface area contributed by atoms with Crippen LogP contribution in [0.4, 0.5) is 11.4 Å². The number of rotatable bonds is 4. The minimum absolute atomic E-state index is 0.0599. The van der Waals surface area contributed by atoms with Gasteiger partial charge in [-0.3, -0.25) is 4.79 Å². The van der Waals surface area contributed by atoms with Gasteiger partial charge in [0.1, 0.15) is 0 Å². The largest absolute Gasteiger partial charge is 0.378 e. The molecule has 110 valence electrons. The Balaban J connectivity index is 2.17. The lowest BCUT2D eigenvalue weighted by atomic mass is 10.1. The van der Waals surface area contributed by atoms with Crippen molar-refractivity contribution >= 4 is 33.2 Å². The van der Waals surface area contributed by atoms with Crippen molar-refractivity contribution in [1.82, 2.24) is 0 Å². The van der Waals surface area contributed by atoms with Crippen molar-refractivity contribution in [2.45, 2.75) is 26.8 Å². The van der Waals surface area contributed by atoms with Gasteiger partial charge in [-0.1, -0.05) is 34.1 Å². The Labute approximate surface area is 133 Å². The highest BCUT2D eigenvalue weighted by Crippen LogP contribution is 2.25. The van der Waals surface area contributed by atoms with Gasteiger partial charge in [-0.05, 0) is 49.2 Å². The summed E-state index contributed by atoms with van der Waals surface area (Å²) in [5.41, 5.74) is 4.07. The molecule has 0 aliphatic heterocycles. The van der Waals surface area contributed by atoms with Crippen LogP contribution in [0.1, 0.15) is 31.0 Å². The van der Waals surface area contributed by atoms with Gasteiger partial charge < -0.3 is 10.6 Å². The Kier molecular flexibility index (Phi) is 5.02. The fourth-order valence-corrected chi connectivity index (χ4v) is 2.56. The molecule has 0 saturated carbocycles. The van der Waals surface area contributed by atoms with Crippen LogP contribution in [0.3, 0.4) is 0 Å². The number of benzene rings is 2. The van der Waals surface area contributed by atoms with Gasteiger partial charge in [0.15, 0.2) is 0 Å². The monoisotopic (exact) mass is 346 g/mol. The first-order chi connectivity index (χ1) is 9.95. The summed E-state index contributed by atoms with van der Waals surface area (Å²) in [4.78, 5) is 11.2. The summed E-state index contributed by atoms with van der Waals surface area (Å²) in [5, 5.41) is 6.30. The number of hydrogen-bond donors (Lipinski definition) is 2. The van der Waals surface area contributed by atoms with E-state index in [4.69, 9.17) is 0 Å². The lowest BCUT2D eigenvalue weighted by Gasteiger charge is -2.17. The molecule has 2 aromatic rings. The van der Waals surface area contributed by atoms with Crippen LogP contribution >= 0.6 is 15.9 Å². The smallest absolute Gasteiger partial charge is 0.221 e. The highest BCUT2D eigenvalue weighted by atomic mass is 79.9. The van der Waals surface area contributed by atoms with Gasteiger partial charge in [-0.15, -0.1) is 0 Å². The maximum Gasteiger partial charge on any atom is 0.221 e. The Morgan fingerprint density at radius 1 is 1.19 bits per heavy atom. The molecule has 0 fully saturated rings. The van der Waals surface area contributed by atoms with Gasteiger partial charge in [-0.2, -0.15) is 0 Å². The molecule has 21 heavy (non-hydrogen) atoms. The van der Waals surface area contributed by atoms with E-state index in [-0.39, 0.29) is 11.9 Å². The van der Waals surface area contributed by atoms with E-state index in [1.54, 1.807) is 0 Å². The third kappa shape index (κ3) is 4.33. The predicted molar refractivity (Wildman–Crippen MR) is 91.7 cm³/mol. The quantitative estimate of drug-likeness (QED) is 0.827. The molecule has 0 radical (unpaired) electrons. The Morgan fingerprint density at radius 3 is 2.62 bits per heavy atom. The molecule has 0 spiro atoms. The average molecular weight is 347 g/mol. The Morgan fingerprint density at radius 2 is 1.95 bits per heavy atom. The van der Waals surface area contributed by atoms with Crippen LogP contribution in [0.15, 0.2) is 46.9 Å². The molecular formula is C17H19BrN2O. The molecule has 1 amide bonds. The molecule has 2 aromatic carbocycles. The Hall–Kier alpha value is -1.81. The zero-order valence-electron chi connectivity index (χ0n) is 12.4. The SMILES string of the molecule is CC(=O)Nc1cc(NC(C)c2cccc(Br)c2)ccc1C. The van der Waals surface area contributed by atoms with Gasteiger partial charge in [0.2, 0.25) is 5.91 Å². The molecule has 2 N–H and O–H groups in total. The molecule has 0 heterocycles. The highest BCUT2D eigenvalue weighted by Gasteiger charge is 2.07.